The summed E-state index contributed by atoms with van der Waals surface area (Å²) in [6.45, 7) is 1.16. The predicted molar refractivity (Wildman–Crippen MR) is 79.2 cm³/mol. The van der Waals surface area contributed by atoms with Gasteiger partial charge in [-0.3, -0.25) is 9.59 Å². The fraction of sp³-hybridized carbons (Fsp3) is 0.429. The molecule has 0 fully saturated rings. The van der Waals surface area contributed by atoms with Crippen LogP contribution in [0, 0.1) is 0 Å². The maximum atomic E-state index is 11.9. The highest BCUT2D eigenvalue weighted by atomic mass is 16.5. The summed E-state index contributed by atoms with van der Waals surface area (Å²) in [4.78, 5) is 23.4. The number of hydrogen-bond acceptors (Lipinski definition) is 5. The number of amides is 2. The highest BCUT2D eigenvalue weighted by molar-refractivity contribution is 5.95. The molecule has 4 N–H and O–H groups in total. The number of carbonyl (C=O) groups excluding carboxylic acids is 2. The van der Waals surface area contributed by atoms with Gasteiger partial charge in [0.1, 0.15) is 5.75 Å². The first-order valence-corrected chi connectivity index (χ1v) is 6.55. The lowest BCUT2D eigenvalue weighted by atomic mass is 10.1. The van der Waals surface area contributed by atoms with Crippen LogP contribution in [0.3, 0.4) is 0 Å². The summed E-state index contributed by atoms with van der Waals surface area (Å²) in [6, 6.07) is 4.76. The maximum absolute atomic E-state index is 11.9. The molecular weight excluding hydrogens is 274 g/mol. The lowest BCUT2D eigenvalue weighted by Gasteiger charge is -2.08. The second kappa shape index (κ2) is 8.80. The van der Waals surface area contributed by atoms with Crippen LogP contribution in [0.1, 0.15) is 16.8 Å². The van der Waals surface area contributed by atoms with Crippen LogP contribution >= 0.6 is 0 Å². The van der Waals surface area contributed by atoms with Gasteiger partial charge in [-0.25, -0.2) is 0 Å². The number of nitrogen functional groups attached to an aromatic ring is 1. The van der Waals surface area contributed by atoms with Crippen LogP contribution in [0.5, 0.6) is 5.75 Å². The number of hydrogen-bond donors (Lipinski definition) is 3. The van der Waals surface area contributed by atoms with Crippen LogP contribution in [-0.2, 0) is 9.53 Å². The zero-order valence-electron chi connectivity index (χ0n) is 12.3. The van der Waals surface area contributed by atoms with Gasteiger partial charge in [-0.05, 0) is 12.1 Å². The molecule has 1 aromatic carbocycles. The Morgan fingerprint density at radius 1 is 1.14 bits per heavy atom. The van der Waals surface area contributed by atoms with Crippen molar-refractivity contribution < 1.29 is 19.1 Å². The zero-order valence-corrected chi connectivity index (χ0v) is 12.3. The van der Waals surface area contributed by atoms with Gasteiger partial charge in [-0.15, -0.1) is 0 Å². The molecule has 21 heavy (non-hydrogen) atoms. The molecule has 0 bridgehead atoms. The molecule has 2 amide bonds. The second-order valence-corrected chi connectivity index (χ2v) is 4.34. The summed E-state index contributed by atoms with van der Waals surface area (Å²) in [6.07, 6.45) is 0.203. The molecule has 0 heterocycles. The van der Waals surface area contributed by atoms with E-state index in [1.165, 1.54) is 7.11 Å². The van der Waals surface area contributed by atoms with Crippen molar-refractivity contribution in [3.05, 3.63) is 23.8 Å². The molecule has 0 saturated carbocycles. The standard InChI is InChI=1S/C14H21N3O4/c1-20-6-5-16-13(18)3-4-17-14(19)10-7-11(15)9-12(8-10)21-2/h7-9H,3-6,15H2,1-2H3,(H,16,18)(H,17,19). The second-order valence-electron chi connectivity index (χ2n) is 4.34. The first kappa shape index (κ1) is 16.8. The molecule has 0 spiro atoms. The fourth-order valence-electron chi connectivity index (χ4n) is 1.64. The molecule has 0 radical (unpaired) electrons. The minimum Gasteiger partial charge on any atom is -0.497 e. The summed E-state index contributed by atoms with van der Waals surface area (Å²) in [5.41, 5.74) is 6.52. The molecule has 0 atom stereocenters. The summed E-state index contributed by atoms with van der Waals surface area (Å²) in [7, 11) is 3.06. The Balaban J connectivity index is 2.40. The maximum Gasteiger partial charge on any atom is 0.251 e. The average Bonchev–Trinajstić information content (AvgIpc) is 2.46. The highest BCUT2D eigenvalue weighted by Crippen LogP contribution is 2.18. The largest absolute Gasteiger partial charge is 0.497 e. The van der Waals surface area contributed by atoms with E-state index in [-0.39, 0.29) is 24.8 Å². The number of methoxy groups -OCH3 is 2. The molecule has 0 saturated heterocycles. The van der Waals surface area contributed by atoms with E-state index >= 15 is 0 Å². The van der Waals surface area contributed by atoms with Crippen LogP contribution in [0.25, 0.3) is 0 Å². The summed E-state index contributed by atoms with van der Waals surface area (Å²) >= 11 is 0. The smallest absolute Gasteiger partial charge is 0.251 e. The lowest BCUT2D eigenvalue weighted by Crippen LogP contribution is -2.32. The molecule has 0 unspecified atom stereocenters. The lowest BCUT2D eigenvalue weighted by molar-refractivity contribution is -0.121. The Kier molecular flexibility index (Phi) is 7.03. The van der Waals surface area contributed by atoms with Gasteiger partial charge in [0.15, 0.2) is 0 Å². The van der Waals surface area contributed by atoms with E-state index < -0.39 is 0 Å². The molecule has 0 aliphatic carbocycles. The minimum absolute atomic E-state index is 0.141. The van der Waals surface area contributed by atoms with Gasteiger partial charge in [0.05, 0.1) is 13.7 Å². The third-order valence-corrected chi connectivity index (χ3v) is 2.69. The van der Waals surface area contributed by atoms with Gasteiger partial charge in [0.25, 0.3) is 5.91 Å². The van der Waals surface area contributed by atoms with Crippen molar-refractivity contribution in [1.29, 1.82) is 0 Å². The molecule has 7 heteroatoms. The number of nitrogens with two attached hydrogens (primary N) is 1. The normalized spacial score (nSPS) is 10.0. The van der Waals surface area contributed by atoms with Crippen LogP contribution in [-0.4, -0.2) is 45.7 Å². The van der Waals surface area contributed by atoms with Crippen LogP contribution in [0.4, 0.5) is 5.69 Å². The summed E-state index contributed by atoms with van der Waals surface area (Å²) in [5, 5.41) is 5.33. The van der Waals surface area contributed by atoms with Gasteiger partial charge in [-0.2, -0.15) is 0 Å². The molecule has 1 rings (SSSR count). The van der Waals surface area contributed by atoms with Crippen molar-refractivity contribution in [2.75, 3.05) is 39.6 Å². The van der Waals surface area contributed by atoms with E-state index in [0.717, 1.165) is 0 Å². The van der Waals surface area contributed by atoms with Crippen molar-refractivity contribution in [3.8, 4) is 5.75 Å². The highest BCUT2D eigenvalue weighted by Gasteiger charge is 2.09. The molecule has 0 aliphatic heterocycles. The van der Waals surface area contributed by atoms with E-state index in [4.69, 9.17) is 15.2 Å². The molecular formula is C14H21N3O4. The Morgan fingerprint density at radius 3 is 2.57 bits per heavy atom. The molecule has 0 aliphatic rings. The Bertz CT molecular complexity index is 491. The average molecular weight is 295 g/mol. The van der Waals surface area contributed by atoms with Gasteiger partial charge in [-0.1, -0.05) is 0 Å². The van der Waals surface area contributed by atoms with Gasteiger partial charge < -0.3 is 25.8 Å². The van der Waals surface area contributed by atoms with Crippen molar-refractivity contribution in [2.45, 2.75) is 6.42 Å². The third-order valence-electron chi connectivity index (χ3n) is 2.69. The molecule has 7 nitrogen and oxygen atoms in total. The van der Waals surface area contributed by atoms with Crippen LogP contribution in [0.15, 0.2) is 18.2 Å². The van der Waals surface area contributed by atoms with Crippen molar-refractivity contribution in [3.63, 3.8) is 0 Å². The van der Waals surface area contributed by atoms with Gasteiger partial charge >= 0.3 is 0 Å². The Labute approximate surface area is 123 Å². The van der Waals surface area contributed by atoms with Crippen LogP contribution < -0.4 is 21.1 Å². The van der Waals surface area contributed by atoms with Crippen molar-refractivity contribution >= 4 is 17.5 Å². The summed E-state index contributed by atoms with van der Waals surface area (Å²) in [5.74, 6) is 0.0697. The molecule has 1 aromatic rings. The van der Waals surface area contributed by atoms with E-state index in [9.17, 15) is 9.59 Å². The first-order valence-electron chi connectivity index (χ1n) is 6.55. The van der Waals surface area contributed by atoms with E-state index in [1.807, 2.05) is 0 Å². The molecule has 0 aromatic heterocycles. The number of rotatable bonds is 8. The number of anilines is 1. The van der Waals surface area contributed by atoms with E-state index in [1.54, 1.807) is 25.3 Å². The first-order chi connectivity index (χ1) is 10.1. The van der Waals surface area contributed by atoms with Gasteiger partial charge in [0.2, 0.25) is 5.91 Å². The number of carbonyl (C=O) groups is 2. The molecule has 116 valence electrons. The Hall–Kier alpha value is -2.28. The van der Waals surface area contributed by atoms with Crippen LogP contribution in [0.2, 0.25) is 0 Å². The van der Waals surface area contributed by atoms with Gasteiger partial charge in [0, 0.05) is 43.9 Å². The quantitative estimate of drug-likeness (QED) is 0.468. The summed E-state index contributed by atoms with van der Waals surface area (Å²) < 4.78 is 9.87. The number of benzene rings is 1. The SMILES string of the molecule is COCCNC(=O)CCNC(=O)c1cc(N)cc(OC)c1. The number of nitrogens with one attached hydrogen (secondary N) is 2. The topological polar surface area (TPSA) is 103 Å². The number of ether oxygens (including phenoxy) is 2. The zero-order chi connectivity index (χ0) is 15.7. The minimum atomic E-state index is -0.301. The predicted octanol–water partition coefficient (Wildman–Crippen LogP) is 0.160. The monoisotopic (exact) mass is 295 g/mol. The third kappa shape index (κ3) is 6.13. The Morgan fingerprint density at radius 2 is 1.90 bits per heavy atom. The fourth-order valence-corrected chi connectivity index (χ4v) is 1.64. The van der Waals surface area contributed by atoms with Crippen molar-refractivity contribution in [2.24, 2.45) is 0 Å². The van der Waals surface area contributed by atoms with E-state index in [2.05, 4.69) is 10.6 Å². The van der Waals surface area contributed by atoms with E-state index in [0.29, 0.717) is 30.2 Å². The van der Waals surface area contributed by atoms with Crippen molar-refractivity contribution in [1.82, 2.24) is 10.6 Å².